The van der Waals surface area contributed by atoms with Crippen LogP contribution >= 0.6 is 11.8 Å². The topological polar surface area (TPSA) is 41.1 Å². The highest BCUT2D eigenvalue weighted by Gasteiger charge is 2.25. The van der Waals surface area contributed by atoms with Crippen LogP contribution in [0, 0.1) is 13.8 Å². The third-order valence-corrected chi connectivity index (χ3v) is 5.28. The maximum absolute atomic E-state index is 4.72. The molecule has 1 aliphatic heterocycles. The normalized spacial score (nSPS) is 18.4. The van der Waals surface area contributed by atoms with Crippen molar-refractivity contribution in [2.24, 2.45) is 0 Å². The predicted molar refractivity (Wildman–Crippen MR) is 93.7 cm³/mol. The van der Waals surface area contributed by atoms with E-state index < -0.39 is 0 Å². The first kappa shape index (κ1) is 16.4. The fourth-order valence-electron chi connectivity index (χ4n) is 2.57. The summed E-state index contributed by atoms with van der Waals surface area (Å²) in [5.74, 6) is 4.12. The van der Waals surface area contributed by atoms with Gasteiger partial charge in [0.25, 0.3) is 0 Å². The molecule has 0 amide bonds. The monoisotopic (exact) mass is 308 g/mol. The zero-order valence-corrected chi connectivity index (χ0v) is 14.8. The van der Waals surface area contributed by atoms with Crippen LogP contribution in [0.3, 0.4) is 0 Å². The molecule has 1 fully saturated rings. The summed E-state index contributed by atoms with van der Waals surface area (Å²) in [7, 11) is 0. The molecule has 0 aromatic carbocycles. The number of aromatic nitrogens is 2. The van der Waals surface area contributed by atoms with Gasteiger partial charge in [-0.3, -0.25) is 0 Å². The molecule has 1 N–H and O–H groups in total. The van der Waals surface area contributed by atoms with Crippen LogP contribution in [0.5, 0.6) is 0 Å². The van der Waals surface area contributed by atoms with Gasteiger partial charge in [-0.05, 0) is 26.7 Å². The minimum absolute atomic E-state index is 0.369. The summed E-state index contributed by atoms with van der Waals surface area (Å²) in [6.07, 6.45) is 2.30. The lowest BCUT2D eigenvalue weighted by molar-refractivity contribution is 0.633. The molecule has 5 heteroatoms. The Morgan fingerprint density at radius 1 is 1.24 bits per heavy atom. The van der Waals surface area contributed by atoms with Crippen LogP contribution < -0.4 is 10.2 Å². The largest absolute Gasteiger partial charge is 0.370 e. The van der Waals surface area contributed by atoms with Crippen LogP contribution in [0.25, 0.3) is 0 Å². The smallest absolute Gasteiger partial charge is 0.137 e. The van der Waals surface area contributed by atoms with Crippen molar-refractivity contribution in [2.75, 3.05) is 35.6 Å². The second kappa shape index (κ2) is 6.86. The molecule has 2 rings (SSSR count). The van der Waals surface area contributed by atoms with Gasteiger partial charge in [0.2, 0.25) is 0 Å². The van der Waals surface area contributed by atoms with E-state index in [2.05, 4.69) is 54.7 Å². The Labute approximate surface area is 133 Å². The number of aryl methyl sites for hydroxylation is 1. The Hall–Kier alpha value is -0.970. The molecule has 21 heavy (non-hydrogen) atoms. The first-order valence-corrected chi connectivity index (χ1v) is 8.89. The van der Waals surface area contributed by atoms with E-state index in [1.165, 1.54) is 12.0 Å². The Morgan fingerprint density at radius 3 is 2.71 bits per heavy atom. The van der Waals surface area contributed by atoms with Gasteiger partial charge >= 0.3 is 0 Å². The molecule has 1 aromatic heterocycles. The summed E-state index contributed by atoms with van der Waals surface area (Å²) in [5, 5.41) is 3.43. The number of rotatable bonds is 4. The highest BCUT2D eigenvalue weighted by Crippen LogP contribution is 2.33. The van der Waals surface area contributed by atoms with E-state index in [4.69, 9.17) is 4.98 Å². The van der Waals surface area contributed by atoms with Crippen molar-refractivity contribution in [3.05, 3.63) is 11.4 Å². The van der Waals surface area contributed by atoms with Gasteiger partial charge in [0.05, 0.1) is 0 Å². The van der Waals surface area contributed by atoms with E-state index in [0.29, 0.717) is 4.75 Å². The van der Waals surface area contributed by atoms with Crippen molar-refractivity contribution in [3.8, 4) is 0 Å². The Morgan fingerprint density at radius 2 is 2.00 bits per heavy atom. The lowest BCUT2D eigenvalue weighted by Crippen LogP contribution is -2.29. The maximum atomic E-state index is 4.72. The number of thioether (sulfide) groups is 1. The molecule has 2 heterocycles. The second-order valence-corrected chi connectivity index (χ2v) is 8.14. The predicted octanol–water partition coefficient (Wildman–Crippen LogP) is 3.64. The van der Waals surface area contributed by atoms with Crippen molar-refractivity contribution in [2.45, 2.75) is 52.2 Å². The maximum Gasteiger partial charge on any atom is 0.137 e. The summed E-state index contributed by atoms with van der Waals surface area (Å²) >= 11 is 2.07. The van der Waals surface area contributed by atoms with Gasteiger partial charge in [0, 0.05) is 35.7 Å². The highest BCUT2D eigenvalue weighted by molar-refractivity contribution is 8.00. The second-order valence-electron chi connectivity index (χ2n) is 6.34. The summed E-state index contributed by atoms with van der Waals surface area (Å²) in [5.41, 5.74) is 1.18. The van der Waals surface area contributed by atoms with Crippen molar-refractivity contribution in [1.29, 1.82) is 0 Å². The van der Waals surface area contributed by atoms with Gasteiger partial charge in [0.1, 0.15) is 17.5 Å². The van der Waals surface area contributed by atoms with Crippen LogP contribution in [-0.2, 0) is 0 Å². The number of hydrogen-bond donors (Lipinski definition) is 1. The minimum Gasteiger partial charge on any atom is -0.370 e. The van der Waals surface area contributed by atoms with Crippen LogP contribution in [0.2, 0.25) is 0 Å². The number of anilines is 2. The zero-order chi connectivity index (χ0) is 15.5. The number of nitrogens with one attached hydrogen (secondary N) is 1. The summed E-state index contributed by atoms with van der Waals surface area (Å²) in [6.45, 7) is 14.1. The summed E-state index contributed by atoms with van der Waals surface area (Å²) in [4.78, 5) is 11.7. The SMILES string of the molecule is CCCNc1nc(C)nc(N2CCSC(C)(C)CC2)c1C. The van der Waals surface area contributed by atoms with E-state index in [1.807, 2.05) is 6.92 Å². The van der Waals surface area contributed by atoms with Crippen molar-refractivity contribution < 1.29 is 0 Å². The third-order valence-electron chi connectivity index (χ3n) is 3.91. The molecule has 0 unspecified atom stereocenters. The summed E-state index contributed by atoms with van der Waals surface area (Å²) < 4.78 is 0.369. The molecular formula is C16H28N4S. The van der Waals surface area contributed by atoms with Gasteiger partial charge in [-0.2, -0.15) is 11.8 Å². The van der Waals surface area contributed by atoms with Crippen molar-refractivity contribution in [1.82, 2.24) is 9.97 Å². The minimum atomic E-state index is 0.369. The van der Waals surface area contributed by atoms with Gasteiger partial charge in [-0.15, -0.1) is 0 Å². The molecule has 1 aliphatic rings. The van der Waals surface area contributed by atoms with E-state index in [1.54, 1.807) is 0 Å². The highest BCUT2D eigenvalue weighted by atomic mass is 32.2. The first-order chi connectivity index (χ1) is 9.93. The zero-order valence-electron chi connectivity index (χ0n) is 14.0. The first-order valence-electron chi connectivity index (χ1n) is 7.91. The molecule has 0 spiro atoms. The number of nitrogens with zero attached hydrogens (tertiary/aromatic N) is 3. The molecule has 1 saturated heterocycles. The van der Waals surface area contributed by atoms with Crippen LogP contribution in [0.1, 0.15) is 45.0 Å². The summed E-state index contributed by atoms with van der Waals surface area (Å²) in [6, 6.07) is 0. The van der Waals surface area contributed by atoms with Crippen LogP contribution in [0.4, 0.5) is 11.6 Å². The molecule has 0 bridgehead atoms. The van der Waals surface area contributed by atoms with Gasteiger partial charge in [-0.25, -0.2) is 9.97 Å². The van der Waals surface area contributed by atoms with Crippen LogP contribution in [0.15, 0.2) is 0 Å². The molecule has 0 atom stereocenters. The van der Waals surface area contributed by atoms with Gasteiger partial charge in [0.15, 0.2) is 0 Å². The molecule has 1 aromatic rings. The van der Waals surface area contributed by atoms with Crippen molar-refractivity contribution in [3.63, 3.8) is 0 Å². The Balaban J connectivity index is 2.24. The average molecular weight is 308 g/mol. The lowest BCUT2D eigenvalue weighted by atomic mass is 10.1. The fourth-order valence-corrected chi connectivity index (χ4v) is 3.67. The average Bonchev–Trinajstić information content (AvgIpc) is 2.60. The van der Waals surface area contributed by atoms with Gasteiger partial charge in [-0.1, -0.05) is 20.8 Å². The molecule has 0 radical (unpaired) electrons. The van der Waals surface area contributed by atoms with E-state index in [0.717, 1.165) is 49.3 Å². The van der Waals surface area contributed by atoms with E-state index in [-0.39, 0.29) is 0 Å². The molecule has 0 aliphatic carbocycles. The lowest BCUT2D eigenvalue weighted by Gasteiger charge is -2.25. The third kappa shape index (κ3) is 4.25. The number of hydrogen-bond acceptors (Lipinski definition) is 5. The molecule has 0 saturated carbocycles. The van der Waals surface area contributed by atoms with Crippen LogP contribution in [-0.4, -0.2) is 40.1 Å². The van der Waals surface area contributed by atoms with Gasteiger partial charge < -0.3 is 10.2 Å². The standard InChI is InChI=1S/C16H28N4S/c1-6-8-17-14-12(2)15(19-13(3)18-14)20-9-7-16(4,5)21-11-10-20/h6-11H2,1-5H3,(H,17,18,19). The fraction of sp³-hybridized carbons (Fsp3) is 0.750. The van der Waals surface area contributed by atoms with E-state index in [9.17, 15) is 0 Å². The quantitative estimate of drug-likeness (QED) is 0.919. The Kier molecular flexibility index (Phi) is 5.36. The molecule has 118 valence electrons. The van der Waals surface area contributed by atoms with E-state index >= 15 is 0 Å². The molecular weight excluding hydrogens is 280 g/mol. The Bertz CT molecular complexity index is 487. The molecule has 4 nitrogen and oxygen atoms in total. The van der Waals surface area contributed by atoms with Crippen molar-refractivity contribution >= 4 is 23.4 Å².